The van der Waals surface area contributed by atoms with Crippen molar-refractivity contribution in [3.63, 3.8) is 0 Å². The molecule has 1 aromatic rings. The second-order valence-electron chi connectivity index (χ2n) is 3.80. The van der Waals surface area contributed by atoms with Crippen molar-refractivity contribution >= 4 is 17.5 Å². The minimum absolute atomic E-state index is 0.0800. The van der Waals surface area contributed by atoms with Crippen LogP contribution in [0.1, 0.15) is 16.9 Å². The Morgan fingerprint density at radius 3 is 2.89 bits per heavy atom. The van der Waals surface area contributed by atoms with Crippen LogP contribution in [0.3, 0.4) is 0 Å². The Bertz CT molecular complexity index is 484. The van der Waals surface area contributed by atoms with Gasteiger partial charge in [-0.15, -0.1) is 0 Å². The predicted octanol–water partition coefficient (Wildman–Crippen LogP) is 0.728. The molecule has 0 aromatic carbocycles. The molecule has 102 valence electrons. The first-order chi connectivity index (χ1) is 9.10. The van der Waals surface area contributed by atoms with Gasteiger partial charge in [-0.25, -0.2) is 9.78 Å². The first-order valence-corrected chi connectivity index (χ1v) is 5.70. The molecule has 3 N–H and O–H groups in total. The van der Waals surface area contributed by atoms with Gasteiger partial charge in [-0.3, -0.25) is 0 Å². The van der Waals surface area contributed by atoms with Crippen LogP contribution in [0.25, 0.3) is 0 Å². The van der Waals surface area contributed by atoms with Crippen LogP contribution in [0.15, 0.2) is 12.1 Å². The van der Waals surface area contributed by atoms with Crippen LogP contribution in [0.5, 0.6) is 0 Å². The number of aromatic carboxylic acids is 1. The average molecular weight is 264 g/mol. The van der Waals surface area contributed by atoms with E-state index in [2.05, 4.69) is 4.98 Å². The van der Waals surface area contributed by atoms with Crippen LogP contribution in [-0.2, 0) is 4.74 Å². The lowest BCUT2D eigenvalue weighted by Crippen LogP contribution is -2.30. The van der Waals surface area contributed by atoms with Crippen LogP contribution >= 0.6 is 0 Å². The van der Waals surface area contributed by atoms with Crippen LogP contribution in [0, 0.1) is 11.3 Å². The van der Waals surface area contributed by atoms with Gasteiger partial charge in [0, 0.05) is 20.2 Å². The number of carbonyl (C=O) groups is 1. The van der Waals surface area contributed by atoms with Crippen molar-refractivity contribution in [2.75, 3.05) is 37.4 Å². The Morgan fingerprint density at radius 2 is 2.32 bits per heavy atom. The average Bonchev–Trinajstić information content (AvgIpc) is 2.40. The number of ether oxygens (including phenoxy) is 1. The zero-order valence-electron chi connectivity index (χ0n) is 10.7. The van der Waals surface area contributed by atoms with E-state index in [0.29, 0.717) is 37.6 Å². The molecule has 19 heavy (non-hydrogen) atoms. The molecule has 7 nitrogen and oxygen atoms in total. The normalized spacial score (nSPS) is 9.89. The summed E-state index contributed by atoms with van der Waals surface area (Å²) in [5, 5.41) is 17.6. The minimum Gasteiger partial charge on any atom is -0.477 e. The van der Waals surface area contributed by atoms with Gasteiger partial charge < -0.3 is 20.5 Å². The highest BCUT2D eigenvalue weighted by Gasteiger charge is 2.14. The highest BCUT2D eigenvalue weighted by atomic mass is 16.5. The lowest BCUT2D eigenvalue weighted by Gasteiger charge is -2.23. The number of pyridine rings is 1. The molecule has 0 saturated carbocycles. The molecule has 1 aromatic heterocycles. The van der Waals surface area contributed by atoms with E-state index in [9.17, 15) is 4.79 Å². The monoisotopic (exact) mass is 264 g/mol. The summed E-state index contributed by atoms with van der Waals surface area (Å²) in [4.78, 5) is 16.7. The van der Waals surface area contributed by atoms with Gasteiger partial charge in [-0.05, 0) is 12.1 Å². The number of rotatable bonds is 7. The van der Waals surface area contributed by atoms with E-state index in [1.807, 2.05) is 6.07 Å². The SMILES string of the molecule is COCCN(CCC#N)c1nc(C(=O)O)ccc1N. The number of nitrogen functional groups attached to an aromatic ring is 1. The summed E-state index contributed by atoms with van der Waals surface area (Å²) in [5.41, 5.74) is 6.11. The predicted molar refractivity (Wildman–Crippen MR) is 69.9 cm³/mol. The van der Waals surface area contributed by atoms with Crippen molar-refractivity contribution in [1.82, 2.24) is 4.98 Å². The summed E-state index contributed by atoms with van der Waals surface area (Å²) in [6, 6.07) is 4.88. The lowest BCUT2D eigenvalue weighted by atomic mass is 10.3. The van der Waals surface area contributed by atoms with Gasteiger partial charge >= 0.3 is 5.97 Å². The van der Waals surface area contributed by atoms with Crippen molar-refractivity contribution in [1.29, 1.82) is 5.26 Å². The second kappa shape index (κ2) is 7.18. The smallest absolute Gasteiger partial charge is 0.354 e. The van der Waals surface area contributed by atoms with Gasteiger partial charge in [0.2, 0.25) is 0 Å². The molecule has 1 heterocycles. The van der Waals surface area contributed by atoms with Gasteiger partial charge in [0.25, 0.3) is 0 Å². The molecule has 0 spiro atoms. The number of anilines is 2. The molecule has 0 atom stereocenters. The van der Waals surface area contributed by atoms with E-state index in [1.165, 1.54) is 12.1 Å². The molecule has 0 aliphatic carbocycles. The number of carboxylic acid groups (broad SMARTS) is 1. The van der Waals surface area contributed by atoms with E-state index < -0.39 is 5.97 Å². The van der Waals surface area contributed by atoms with Crippen molar-refractivity contribution in [2.24, 2.45) is 0 Å². The number of methoxy groups -OCH3 is 1. The molecule has 0 unspecified atom stereocenters. The maximum atomic E-state index is 10.9. The Hall–Kier alpha value is -2.33. The Kier molecular flexibility index (Phi) is 5.57. The second-order valence-corrected chi connectivity index (χ2v) is 3.80. The number of hydrogen-bond acceptors (Lipinski definition) is 6. The van der Waals surface area contributed by atoms with Crippen LogP contribution < -0.4 is 10.6 Å². The Morgan fingerprint density at radius 1 is 1.58 bits per heavy atom. The summed E-state index contributed by atoms with van der Waals surface area (Å²) in [6.07, 6.45) is 0.294. The molecule has 0 bridgehead atoms. The molecular formula is C12H16N4O3. The van der Waals surface area contributed by atoms with Crippen molar-refractivity contribution in [3.05, 3.63) is 17.8 Å². The zero-order valence-corrected chi connectivity index (χ0v) is 10.7. The topological polar surface area (TPSA) is 112 Å². The van der Waals surface area contributed by atoms with Gasteiger partial charge in [0.1, 0.15) is 0 Å². The summed E-state index contributed by atoms with van der Waals surface area (Å²) >= 11 is 0. The van der Waals surface area contributed by atoms with E-state index >= 15 is 0 Å². The van der Waals surface area contributed by atoms with E-state index in [1.54, 1.807) is 12.0 Å². The maximum absolute atomic E-state index is 10.9. The molecule has 0 saturated heterocycles. The van der Waals surface area contributed by atoms with Gasteiger partial charge in [0.05, 0.1) is 24.8 Å². The lowest BCUT2D eigenvalue weighted by molar-refractivity contribution is 0.0690. The number of nitriles is 1. The van der Waals surface area contributed by atoms with Gasteiger partial charge in [-0.1, -0.05) is 0 Å². The highest BCUT2D eigenvalue weighted by molar-refractivity contribution is 5.87. The fraction of sp³-hybridized carbons (Fsp3) is 0.417. The van der Waals surface area contributed by atoms with Crippen LogP contribution in [-0.4, -0.2) is 42.9 Å². The van der Waals surface area contributed by atoms with Crippen molar-refractivity contribution in [3.8, 4) is 6.07 Å². The number of nitrogens with two attached hydrogens (primary N) is 1. The van der Waals surface area contributed by atoms with Crippen LogP contribution in [0.4, 0.5) is 11.5 Å². The Labute approximate surface area is 111 Å². The summed E-state index contributed by atoms with van der Waals surface area (Å²) in [7, 11) is 1.56. The third-order valence-electron chi connectivity index (χ3n) is 2.48. The van der Waals surface area contributed by atoms with Crippen molar-refractivity contribution in [2.45, 2.75) is 6.42 Å². The molecular weight excluding hydrogens is 248 g/mol. The largest absolute Gasteiger partial charge is 0.477 e. The van der Waals surface area contributed by atoms with Crippen molar-refractivity contribution < 1.29 is 14.6 Å². The molecule has 0 fully saturated rings. The molecule has 0 aliphatic rings. The van der Waals surface area contributed by atoms with Gasteiger partial charge in [0.15, 0.2) is 11.5 Å². The maximum Gasteiger partial charge on any atom is 0.354 e. The third kappa shape index (κ3) is 4.12. The summed E-state index contributed by atoms with van der Waals surface area (Å²) < 4.78 is 4.98. The van der Waals surface area contributed by atoms with E-state index in [0.717, 1.165) is 0 Å². The van der Waals surface area contributed by atoms with E-state index in [4.69, 9.17) is 20.8 Å². The van der Waals surface area contributed by atoms with E-state index in [-0.39, 0.29) is 5.69 Å². The number of aromatic nitrogens is 1. The standard InChI is InChI=1S/C12H16N4O3/c1-19-8-7-16(6-2-5-13)11-9(14)3-4-10(15-11)12(17)18/h3-4H,2,6-8,14H2,1H3,(H,17,18). The summed E-state index contributed by atoms with van der Waals surface area (Å²) in [5.74, 6) is -0.750. The number of carboxylic acids is 1. The fourth-order valence-electron chi connectivity index (χ4n) is 1.54. The number of nitrogens with zero attached hydrogens (tertiary/aromatic N) is 3. The first-order valence-electron chi connectivity index (χ1n) is 5.70. The molecule has 1 rings (SSSR count). The third-order valence-corrected chi connectivity index (χ3v) is 2.48. The molecule has 7 heteroatoms. The number of hydrogen-bond donors (Lipinski definition) is 2. The van der Waals surface area contributed by atoms with Crippen LogP contribution in [0.2, 0.25) is 0 Å². The molecule has 0 amide bonds. The zero-order chi connectivity index (χ0) is 14.3. The molecule has 0 radical (unpaired) electrons. The highest BCUT2D eigenvalue weighted by Crippen LogP contribution is 2.21. The molecule has 0 aliphatic heterocycles. The quantitative estimate of drug-likeness (QED) is 0.746. The Balaban J connectivity index is 3.01. The fourth-order valence-corrected chi connectivity index (χ4v) is 1.54. The minimum atomic E-state index is -1.12. The first kappa shape index (κ1) is 14.7. The summed E-state index contributed by atoms with van der Waals surface area (Å²) in [6.45, 7) is 1.34. The van der Waals surface area contributed by atoms with Gasteiger partial charge in [-0.2, -0.15) is 5.26 Å².